The van der Waals surface area contributed by atoms with Crippen molar-refractivity contribution in [2.24, 2.45) is 5.73 Å². The zero-order valence-corrected chi connectivity index (χ0v) is 27.9. The molecule has 3 aliphatic carbocycles. The SMILES string of the molecule is COc1cccc2c1C(=O)c1c(O)c3c(c(O)c1C2=O)C[C@@](O)(C(=O)NC1CC(N)C1)C[C@@H]3O[C@H]1C[C@H]2[C@H](O[C@@H]3[C@@H](OC)OCCN32)[C@H](C)O1. The number of aromatic hydroxyl groups is 2. The molecule has 6 aliphatic rings. The molecule has 2 aromatic carbocycles. The van der Waals surface area contributed by atoms with E-state index >= 15 is 0 Å². The summed E-state index contributed by atoms with van der Waals surface area (Å²) in [5.41, 5.74) is 2.84. The molecule has 268 valence electrons. The van der Waals surface area contributed by atoms with Crippen LogP contribution in [0.15, 0.2) is 18.2 Å². The first-order chi connectivity index (χ1) is 23.9. The Bertz CT molecular complexity index is 1760. The number of hydrogen-bond donors (Lipinski definition) is 5. The quantitative estimate of drug-likeness (QED) is 0.226. The van der Waals surface area contributed by atoms with Gasteiger partial charge in [0, 0.05) is 67.7 Å². The monoisotopic (exact) mass is 695 g/mol. The van der Waals surface area contributed by atoms with Gasteiger partial charge in [0.25, 0.3) is 5.91 Å². The number of nitrogens with one attached hydrogen (secondary N) is 1. The number of benzene rings is 2. The van der Waals surface area contributed by atoms with Gasteiger partial charge in [-0.3, -0.25) is 19.3 Å². The van der Waals surface area contributed by atoms with Gasteiger partial charge in [-0.25, -0.2) is 0 Å². The van der Waals surface area contributed by atoms with Gasteiger partial charge in [0.05, 0.1) is 42.6 Å². The standard InChI is InChI=1S/C35H41N3O12/c1-14-31-19(38-7-8-47-33(46-3)32(38)50-31)11-22(48-14)49-21-13-35(44,34(43)37-16-9-15(36)10-16)12-18-24(21)30(42)26-25(28(18)40)27(39)17-5-4-6-20(45-2)23(17)29(26)41/h4-6,14-16,19,21-22,31-33,40,42,44H,7-13,36H2,1-3H3,(H,37,43)/t14-,15?,16?,19-,21-,22-,31+,32+,33-,35-/m0/s1. The topological polar surface area (TPSA) is 209 Å². The molecule has 3 saturated heterocycles. The number of fused-ring (bicyclic) bond motifs is 6. The molecule has 4 fully saturated rings. The molecule has 8 rings (SSSR count). The normalized spacial score (nSPS) is 36.0. The van der Waals surface area contributed by atoms with Crippen molar-refractivity contribution in [2.45, 2.75) is 99.9 Å². The highest BCUT2D eigenvalue weighted by molar-refractivity contribution is 6.31. The highest BCUT2D eigenvalue weighted by atomic mass is 16.7. The molecule has 6 N–H and O–H groups in total. The van der Waals surface area contributed by atoms with Gasteiger partial charge in [0.2, 0.25) is 5.78 Å². The summed E-state index contributed by atoms with van der Waals surface area (Å²) in [5.74, 6) is -3.20. The fraction of sp³-hybridized carbons (Fsp3) is 0.571. The van der Waals surface area contributed by atoms with Crippen LogP contribution in [0.4, 0.5) is 0 Å². The third-order valence-corrected chi connectivity index (χ3v) is 11.1. The molecule has 0 spiro atoms. The molecule has 0 bridgehead atoms. The Morgan fingerprint density at radius 1 is 1.06 bits per heavy atom. The molecule has 3 heterocycles. The van der Waals surface area contributed by atoms with E-state index in [9.17, 15) is 29.7 Å². The Hall–Kier alpha value is -3.67. The fourth-order valence-corrected chi connectivity index (χ4v) is 8.60. The van der Waals surface area contributed by atoms with E-state index in [4.69, 9.17) is 34.2 Å². The maximum atomic E-state index is 14.0. The van der Waals surface area contributed by atoms with Gasteiger partial charge in [0.1, 0.15) is 29.0 Å². The molecule has 15 nitrogen and oxygen atoms in total. The minimum absolute atomic E-state index is 0.00589. The Morgan fingerprint density at radius 2 is 1.82 bits per heavy atom. The molecule has 8 atom stereocenters. The Kier molecular flexibility index (Phi) is 8.19. The van der Waals surface area contributed by atoms with Crippen molar-refractivity contribution >= 4 is 17.5 Å². The number of morpholine rings is 1. The van der Waals surface area contributed by atoms with Gasteiger partial charge in [-0.15, -0.1) is 0 Å². The first-order valence-corrected chi connectivity index (χ1v) is 17.0. The summed E-state index contributed by atoms with van der Waals surface area (Å²) in [6.45, 7) is 2.88. The van der Waals surface area contributed by atoms with E-state index in [1.807, 2.05) is 6.92 Å². The lowest BCUT2D eigenvalue weighted by Crippen LogP contribution is -2.58. The summed E-state index contributed by atoms with van der Waals surface area (Å²) in [6.07, 6.45) is -3.37. The lowest BCUT2D eigenvalue weighted by molar-refractivity contribution is -0.256. The number of ketones is 2. The molecule has 0 unspecified atom stereocenters. The van der Waals surface area contributed by atoms with Gasteiger partial charge >= 0.3 is 0 Å². The van der Waals surface area contributed by atoms with Gasteiger partial charge in [-0.05, 0) is 25.8 Å². The van der Waals surface area contributed by atoms with E-state index in [0.717, 1.165) is 0 Å². The van der Waals surface area contributed by atoms with Crippen LogP contribution in [0.2, 0.25) is 0 Å². The van der Waals surface area contributed by atoms with Crippen molar-refractivity contribution in [1.29, 1.82) is 0 Å². The molecular formula is C35H41N3O12. The van der Waals surface area contributed by atoms with Crippen LogP contribution in [-0.2, 0) is 34.9 Å². The predicted molar refractivity (Wildman–Crippen MR) is 171 cm³/mol. The Morgan fingerprint density at radius 3 is 2.54 bits per heavy atom. The molecule has 2 aromatic rings. The zero-order chi connectivity index (χ0) is 35.2. The third kappa shape index (κ3) is 5.05. The van der Waals surface area contributed by atoms with Crippen LogP contribution in [0.1, 0.15) is 81.7 Å². The molecule has 0 radical (unpaired) electrons. The van der Waals surface area contributed by atoms with Crippen LogP contribution in [-0.4, -0.2) is 120 Å². The number of carbonyl (C=O) groups excluding carboxylic acids is 3. The molecular weight excluding hydrogens is 654 g/mol. The maximum absolute atomic E-state index is 14.0. The average molecular weight is 696 g/mol. The number of phenols is 2. The molecule has 1 amide bonds. The molecule has 1 saturated carbocycles. The Labute approximate surface area is 287 Å². The summed E-state index contributed by atoms with van der Waals surface area (Å²) in [6, 6.07) is 4.05. The van der Waals surface area contributed by atoms with Crippen LogP contribution in [0, 0.1) is 0 Å². The summed E-state index contributed by atoms with van der Waals surface area (Å²) < 4.78 is 35.8. The van der Waals surface area contributed by atoms with Gasteiger partial charge in [0.15, 0.2) is 24.6 Å². The number of nitrogens with zero attached hydrogens (tertiary/aromatic N) is 1. The van der Waals surface area contributed by atoms with Crippen LogP contribution in [0.5, 0.6) is 17.2 Å². The number of aliphatic hydroxyl groups is 1. The molecule has 50 heavy (non-hydrogen) atoms. The van der Waals surface area contributed by atoms with Crippen molar-refractivity contribution < 1.29 is 58.1 Å². The highest BCUT2D eigenvalue weighted by Crippen LogP contribution is 2.53. The summed E-state index contributed by atoms with van der Waals surface area (Å²) in [4.78, 5) is 43.8. The summed E-state index contributed by atoms with van der Waals surface area (Å²) >= 11 is 0. The zero-order valence-electron chi connectivity index (χ0n) is 27.9. The van der Waals surface area contributed by atoms with Crippen molar-refractivity contribution in [2.75, 3.05) is 27.4 Å². The largest absolute Gasteiger partial charge is 0.507 e. The number of phenolic OH excluding ortho intramolecular Hbond substituents is 2. The number of rotatable bonds is 6. The van der Waals surface area contributed by atoms with E-state index < -0.39 is 83.1 Å². The maximum Gasteiger partial charge on any atom is 0.252 e. The number of hydrogen-bond acceptors (Lipinski definition) is 14. The molecule has 0 aromatic heterocycles. The van der Waals surface area contributed by atoms with Gasteiger partial charge in [-0.1, -0.05) is 12.1 Å². The smallest absolute Gasteiger partial charge is 0.252 e. The third-order valence-electron chi connectivity index (χ3n) is 11.1. The van der Waals surface area contributed by atoms with E-state index in [-0.39, 0.29) is 58.7 Å². The number of methoxy groups -OCH3 is 2. The van der Waals surface area contributed by atoms with E-state index in [0.29, 0.717) is 32.4 Å². The van der Waals surface area contributed by atoms with Crippen LogP contribution in [0.3, 0.4) is 0 Å². The second-order valence-electron chi connectivity index (χ2n) is 14.1. The summed E-state index contributed by atoms with van der Waals surface area (Å²) in [7, 11) is 2.91. The minimum atomic E-state index is -2.13. The second kappa shape index (κ2) is 12.2. The van der Waals surface area contributed by atoms with Gasteiger partial charge in [-0.2, -0.15) is 0 Å². The fourth-order valence-electron chi connectivity index (χ4n) is 8.60. The van der Waals surface area contributed by atoms with Crippen molar-refractivity contribution in [3.8, 4) is 17.2 Å². The summed E-state index contributed by atoms with van der Waals surface area (Å²) in [5, 5.41) is 38.6. The van der Waals surface area contributed by atoms with Crippen LogP contribution in [0.25, 0.3) is 0 Å². The number of carbonyl (C=O) groups is 3. The van der Waals surface area contributed by atoms with Crippen LogP contribution >= 0.6 is 0 Å². The number of ether oxygens (including phenoxy) is 6. The van der Waals surface area contributed by atoms with Crippen molar-refractivity contribution in [3.05, 3.63) is 51.6 Å². The highest BCUT2D eigenvalue weighted by Gasteiger charge is 2.55. The predicted octanol–water partition coefficient (Wildman–Crippen LogP) is 0.756. The first kappa shape index (κ1) is 33.5. The van der Waals surface area contributed by atoms with Gasteiger partial charge < -0.3 is 54.8 Å². The van der Waals surface area contributed by atoms with E-state index in [1.165, 1.54) is 19.2 Å². The van der Waals surface area contributed by atoms with Crippen molar-refractivity contribution in [3.63, 3.8) is 0 Å². The lowest BCUT2D eigenvalue weighted by atomic mass is 9.72. The van der Waals surface area contributed by atoms with Crippen LogP contribution < -0.4 is 15.8 Å². The number of nitrogens with two attached hydrogens (primary N) is 1. The van der Waals surface area contributed by atoms with Crippen molar-refractivity contribution in [1.82, 2.24) is 10.2 Å². The first-order valence-electron chi connectivity index (χ1n) is 17.0. The van der Waals surface area contributed by atoms with E-state index in [2.05, 4.69) is 10.2 Å². The second-order valence-corrected chi connectivity index (χ2v) is 14.1. The number of amides is 1. The Balaban J connectivity index is 1.18. The van der Waals surface area contributed by atoms with E-state index in [1.54, 1.807) is 13.2 Å². The average Bonchev–Trinajstić information content (AvgIpc) is 3.47. The lowest BCUT2D eigenvalue weighted by Gasteiger charge is -2.44. The molecule has 15 heteroatoms. The molecule has 3 aliphatic heterocycles. The minimum Gasteiger partial charge on any atom is -0.507 e.